The Morgan fingerprint density at radius 3 is 2.43 bits per heavy atom. The van der Waals surface area contributed by atoms with Crippen LogP contribution in [0.2, 0.25) is 0 Å². The van der Waals surface area contributed by atoms with Crippen molar-refractivity contribution in [3.05, 3.63) is 30.3 Å². The lowest BCUT2D eigenvalue weighted by Crippen LogP contribution is -2.39. The molecule has 0 aliphatic carbocycles. The van der Waals surface area contributed by atoms with Gasteiger partial charge in [-0.3, -0.25) is 4.55 Å². The zero-order valence-electron chi connectivity index (χ0n) is 6.99. The second kappa shape index (κ2) is 4.58. The van der Waals surface area contributed by atoms with Gasteiger partial charge in [-0.15, -0.1) is 0 Å². The van der Waals surface area contributed by atoms with Crippen molar-refractivity contribution >= 4 is 17.3 Å². The fourth-order valence-corrected chi connectivity index (χ4v) is 1.03. The molecule has 0 bridgehead atoms. The summed E-state index contributed by atoms with van der Waals surface area (Å²) < 4.78 is 19.3. The monoisotopic (exact) mass is 216 g/mol. The molecule has 3 N–H and O–H groups in total. The van der Waals surface area contributed by atoms with Gasteiger partial charge < -0.3 is 10.6 Å². The molecule has 0 fully saturated rings. The number of primary amides is 1. The van der Waals surface area contributed by atoms with E-state index in [1.807, 2.05) is 0 Å². The Hall–Kier alpha value is -1.60. The van der Waals surface area contributed by atoms with Crippen LogP contribution < -0.4 is 10.6 Å². The molecule has 2 amide bonds. The van der Waals surface area contributed by atoms with Crippen molar-refractivity contribution in [3.63, 3.8) is 0 Å². The lowest BCUT2D eigenvalue weighted by molar-refractivity contribution is 0.0724. The molecule has 7 heteroatoms. The van der Waals surface area contributed by atoms with E-state index in [0.29, 0.717) is 0 Å². The summed E-state index contributed by atoms with van der Waals surface area (Å²) in [6.07, 6.45) is 0. The Labute approximate surface area is 82.6 Å². The van der Waals surface area contributed by atoms with Gasteiger partial charge in [0.1, 0.15) is 0 Å². The third-order valence-electron chi connectivity index (χ3n) is 1.25. The van der Waals surface area contributed by atoms with Crippen LogP contribution in [0.4, 0.5) is 4.79 Å². The van der Waals surface area contributed by atoms with E-state index >= 15 is 0 Å². The van der Waals surface area contributed by atoms with Gasteiger partial charge in [-0.2, -0.15) is 0 Å². The lowest BCUT2D eigenvalue weighted by atomic mass is 10.3. The number of urea groups is 1. The summed E-state index contributed by atoms with van der Waals surface area (Å²) in [5, 5.41) is 0. The van der Waals surface area contributed by atoms with E-state index < -0.39 is 17.3 Å². The largest absolute Gasteiger partial charge is 0.362 e. The molecular formula is C7H8N2O4S. The summed E-state index contributed by atoms with van der Waals surface area (Å²) >= 11 is -2.60. The van der Waals surface area contributed by atoms with E-state index in [-0.39, 0.29) is 10.2 Å². The molecule has 0 saturated heterocycles. The molecule has 6 nitrogen and oxygen atoms in total. The normalized spacial score (nSPS) is 11.8. The Morgan fingerprint density at radius 2 is 2.00 bits per heavy atom. The molecule has 0 spiro atoms. The molecule has 1 aromatic carbocycles. The highest BCUT2D eigenvalue weighted by molar-refractivity contribution is 7.77. The van der Waals surface area contributed by atoms with E-state index in [9.17, 15) is 9.00 Å². The van der Waals surface area contributed by atoms with Crippen molar-refractivity contribution in [1.29, 1.82) is 0 Å². The van der Waals surface area contributed by atoms with Gasteiger partial charge in [-0.25, -0.2) is 9.00 Å². The fraction of sp³-hybridized carbons (Fsp3) is 0. The van der Waals surface area contributed by atoms with Gasteiger partial charge >= 0.3 is 17.3 Å². The van der Waals surface area contributed by atoms with E-state index in [2.05, 4.69) is 0 Å². The first-order valence-electron chi connectivity index (χ1n) is 3.55. The summed E-state index contributed by atoms with van der Waals surface area (Å²) in [5.41, 5.74) is 4.79. The van der Waals surface area contributed by atoms with Gasteiger partial charge in [-0.05, 0) is 16.6 Å². The number of benzene rings is 1. The average Bonchev–Trinajstić information content (AvgIpc) is 2.15. The Bertz CT molecular complexity index is 329. The molecule has 0 aliphatic heterocycles. The average molecular weight is 216 g/mol. The van der Waals surface area contributed by atoms with Crippen LogP contribution in [-0.4, -0.2) is 19.3 Å². The number of para-hydroxylation sites is 1. The molecule has 1 aromatic rings. The maximum Gasteiger partial charge on any atom is 0.362 e. The van der Waals surface area contributed by atoms with Crippen LogP contribution >= 0.6 is 0 Å². The maximum atomic E-state index is 10.6. The van der Waals surface area contributed by atoms with Gasteiger partial charge in [0.05, 0.1) is 0 Å². The molecule has 0 aromatic heterocycles. The van der Waals surface area contributed by atoms with Gasteiger partial charge in [0.2, 0.25) is 0 Å². The summed E-state index contributed by atoms with van der Waals surface area (Å²) in [7, 11) is 0. The molecule has 0 aliphatic rings. The first-order valence-corrected chi connectivity index (χ1v) is 4.61. The summed E-state index contributed by atoms with van der Waals surface area (Å²) in [4.78, 5) is 15.4. The summed E-state index contributed by atoms with van der Waals surface area (Å²) in [6, 6.07) is 6.92. The number of nitrogens with zero attached hydrogens (tertiary/aromatic N) is 1. The molecule has 1 unspecified atom stereocenters. The van der Waals surface area contributed by atoms with Crippen LogP contribution in [0.5, 0.6) is 5.75 Å². The second-order valence-electron chi connectivity index (χ2n) is 2.23. The van der Waals surface area contributed by atoms with Gasteiger partial charge in [0.15, 0.2) is 5.75 Å². The number of amides is 2. The lowest BCUT2D eigenvalue weighted by Gasteiger charge is -2.14. The first kappa shape index (κ1) is 10.5. The van der Waals surface area contributed by atoms with Crippen molar-refractivity contribution in [2.24, 2.45) is 5.73 Å². The highest BCUT2D eigenvalue weighted by Gasteiger charge is 2.17. The third-order valence-corrected chi connectivity index (χ3v) is 1.79. The summed E-state index contributed by atoms with van der Waals surface area (Å²) in [6.45, 7) is 0. The van der Waals surface area contributed by atoms with Gasteiger partial charge in [0.25, 0.3) is 0 Å². The Kier molecular flexibility index (Phi) is 3.43. The minimum absolute atomic E-state index is 0.162. The highest BCUT2D eigenvalue weighted by atomic mass is 32.2. The van der Waals surface area contributed by atoms with Crippen molar-refractivity contribution in [2.45, 2.75) is 0 Å². The van der Waals surface area contributed by atoms with E-state index in [1.54, 1.807) is 18.2 Å². The zero-order valence-corrected chi connectivity index (χ0v) is 7.81. The smallest absolute Gasteiger partial charge is 0.360 e. The van der Waals surface area contributed by atoms with Gasteiger partial charge in [0, 0.05) is 0 Å². The van der Waals surface area contributed by atoms with E-state index in [0.717, 1.165) is 0 Å². The molecule has 1 rings (SSSR count). The number of carbonyl (C=O) groups is 1. The van der Waals surface area contributed by atoms with Crippen LogP contribution in [0.25, 0.3) is 0 Å². The standard InChI is InChI=1S/C7H8N2O4S/c8-7(10)9(14(11)12)13-6-4-2-1-3-5-6/h1-5H,(H2,8,10)(H,11,12). The molecule has 0 saturated carbocycles. The molecule has 1 atom stereocenters. The van der Waals surface area contributed by atoms with E-state index in [1.165, 1.54) is 12.1 Å². The minimum atomic E-state index is -2.60. The topological polar surface area (TPSA) is 92.9 Å². The predicted molar refractivity (Wildman–Crippen MR) is 49.3 cm³/mol. The number of nitrogens with two attached hydrogens (primary N) is 1. The van der Waals surface area contributed by atoms with Crippen LogP contribution in [0.15, 0.2) is 30.3 Å². The molecule has 14 heavy (non-hydrogen) atoms. The molecule has 0 radical (unpaired) electrons. The van der Waals surface area contributed by atoms with Crippen molar-refractivity contribution in [1.82, 2.24) is 4.47 Å². The first-order chi connectivity index (χ1) is 6.61. The molecule has 76 valence electrons. The van der Waals surface area contributed by atoms with Crippen LogP contribution in [-0.2, 0) is 11.3 Å². The number of hydroxylamine groups is 1. The number of hydrogen-bond acceptors (Lipinski definition) is 3. The minimum Gasteiger partial charge on any atom is -0.360 e. The fourth-order valence-electron chi connectivity index (χ4n) is 0.731. The Morgan fingerprint density at radius 1 is 1.43 bits per heavy atom. The van der Waals surface area contributed by atoms with Crippen LogP contribution in [0.1, 0.15) is 0 Å². The highest BCUT2D eigenvalue weighted by Crippen LogP contribution is 2.10. The van der Waals surface area contributed by atoms with Gasteiger partial charge in [-0.1, -0.05) is 18.2 Å². The second-order valence-corrected chi connectivity index (χ2v) is 3.02. The SMILES string of the molecule is NC(=O)N(Oc1ccccc1)S(=O)O. The molecule has 0 heterocycles. The summed E-state index contributed by atoms with van der Waals surface area (Å²) in [5.74, 6) is 0.244. The number of carbonyl (C=O) groups excluding carboxylic acids is 1. The number of rotatable bonds is 3. The predicted octanol–water partition coefficient (Wildman–Crippen LogP) is 0.498. The maximum absolute atomic E-state index is 10.6. The Balaban J connectivity index is 2.75. The van der Waals surface area contributed by atoms with Crippen molar-refractivity contribution in [3.8, 4) is 5.75 Å². The number of hydrogen-bond donors (Lipinski definition) is 2. The van der Waals surface area contributed by atoms with Crippen LogP contribution in [0, 0.1) is 0 Å². The van der Waals surface area contributed by atoms with Crippen molar-refractivity contribution < 1.29 is 18.4 Å². The van der Waals surface area contributed by atoms with Crippen molar-refractivity contribution in [2.75, 3.05) is 0 Å². The third kappa shape index (κ3) is 2.71. The quantitative estimate of drug-likeness (QED) is 0.568. The molecular weight excluding hydrogens is 208 g/mol. The van der Waals surface area contributed by atoms with Crippen LogP contribution in [0.3, 0.4) is 0 Å². The zero-order chi connectivity index (χ0) is 10.6. The van der Waals surface area contributed by atoms with E-state index in [4.69, 9.17) is 15.1 Å².